The van der Waals surface area contributed by atoms with Crippen molar-refractivity contribution >= 4 is 62.4 Å². The lowest BCUT2D eigenvalue weighted by molar-refractivity contribution is 0.0586. The highest BCUT2D eigenvalue weighted by Crippen LogP contribution is 2.45. The van der Waals surface area contributed by atoms with Crippen molar-refractivity contribution in [1.29, 1.82) is 0 Å². The average molecular weight is 745 g/mol. The molecule has 12 heteroatoms. The molecule has 2 aromatic heterocycles. The third-order valence-corrected chi connectivity index (χ3v) is 9.69. The summed E-state index contributed by atoms with van der Waals surface area (Å²) >= 11 is 0. The molecule has 12 nitrogen and oxygen atoms in total. The first-order valence-corrected chi connectivity index (χ1v) is 17.5. The number of phenols is 1. The van der Waals surface area contributed by atoms with Crippen LogP contribution in [0.5, 0.6) is 5.75 Å². The number of fused-ring (bicyclic) bond motifs is 4. The third-order valence-electron chi connectivity index (χ3n) is 9.69. The smallest absolute Gasteiger partial charge is 0.356 e. The Hall–Kier alpha value is -7.60. The van der Waals surface area contributed by atoms with Gasteiger partial charge in [0.25, 0.3) is 0 Å². The van der Waals surface area contributed by atoms with E-state index in [9.17, 15) is 24.3 Å². The van der Waals surface area contributed by atoms with E-state index in [1.54, 1.807) is 66.7 Å². The molecule has 0 amide bonds. The van der Waals surface area contributed by atoms with Crippen LogP contribution in [0, 0.1) is 0 Å². The summed E-state index contributed by atoms with van der Waals surface area (Å²) in [6.07, 6.45) is 0.774. The molecule has 1 aliphatic carbocycles. The number of pyridine rings is 2. The van der Waals surface area contributed by atoms with Crippen molar-refractivity contribution < 1.29 is 33.4 Å². The number of aromatic hydroxyl groups is 1. The van der Waals surface area contributed by atoms with E-state index in [0.29, 0.717) is 55.6 Å². The van der Waals surface area contributed by atoms with Gasteiger partial charge in [0.15, 0.2) is 11.7 Å². The number of methoxy groups -OCH3 is 2. The van der Waals surface area contributed by atoms with Crippen molar-refractivity contribution in [3.8, 4) is 28.2 Å². The van der Waals surface area contributed by atoms with Crippen molar-refractivity contribution in [2.45, 2.75) is 13.1 Å². The van der Waals surface area contributed by atoms with Gasteiger partial charge >= 0.3 is 11.9 Å². The van der Waals surface area contributed by atoms with Crippen LogP contribution >= 0.6 is 0 Å². The van der Waals surface area contributed by atoms with Crippen molar-refractivity contribution in [2.75, 3.05) is 24.9 Å². The van der Waals surface area contributed by atoms with Crippen LogP contribution in [-0.2, 0) is 22.6 Å². The van der Waals surface area contributed by atoms with Crippen molar-refractivity contribution in [3.63, 3.8) is 0 Å². The van der Waals surface area contributed by atoms with Gasteiger partial charge in [0.1, 0.15) is 28.5 Å². The van der Waals surface area contributed by atoms with E-state index in [1.165, 1.54) is 20.3 Å². The molecule has 0 fully saturated rings. The minimum absolute atomic E-state index is 0.000205. The minimum atomic E-state index is -0.581. The number of carbonyl (C=O) groups excluding carboxylic acids is 3. The summed E-state index contributed by atoms with van der Waals surface area (Å²) in [5.74, 6) is -0.985. The zero-order chi connectivity index (χ0) is 38.9. The number of nitrogens with one attached hydrogen (secondary N) is 2. The number of phenolic OH excluding ortho intramolecular Hbond substituents is 1. The highest BCUT2D eigenvalue weighted by atomic mass is 16.5. The van der Waals surface area contributed by atoms with E-state index in [4.69, 9.17) is 13.9 Å². The van der Waals surface area contributed by atoms with Crippen LogP contribution in [0.4, 0.5) is 11.4 Å². The van der Waals surface area contributed by atoms with E-state index in [2.05, 4.69) is 20.6 Å². The fraction of sp³-hybridized carbons (Fsp3) is 0.0909. The van der Waals surface area contributed by atoms with Gasteiger partial charge < -0.3 is 29.6 Å². The number of benzene rings is 5. The number of ether oxygens (including phenoxy) is 2. The van der Waals surface area contributed by atoms with E-state index in [0.717, 1.165) is 17.1 Å². The first-order chi connectivity index (χ1) is 27.3. The summed E-state index contributed by atoms with van der Waals surface area (Å²) in [5, 5.41) is 20.2. The van der Waals surface area contributed by atoms with Gasteiger partial charge in [-0.3, -0.25) is 9.59 Å². The highest BCUT2D eigenvalue weighted by molar-refractivity contribution is 6.07. The Kier molecular flexibility index (Phi) is 9.28. The number of aldehydes is 1. The average Bonchev–Trinajstić information content (AvgIpc) is 3.24. The molecule has 0 spiro atoms. The first-order valence-electron chi connectivity index (χ1n) is 17.5. The number of nitrogens with zero attached hydrogens (tertiary/aromatic N) is 2. The van der Waals surface area contributed by atoms with Gasteiger partial charge in [0, 0.05) is 45.9 Å². The monoisotopic (exact) mass is 744 g/mol. The van der Waals surface area contributed by atoms with Gasteiger partial charge in [-0.1, -0.05) is 60.7 Å². The second-order valence-electron chi connectivity index (χ2n) is 12.9. The Morgan fingerprint density at radius 2 is 1.30 bits per heavy atom. The molecule has 0 saturated heterocycles. The normalized spacial score (nSPS) is 11.2. The molecule has 0 unspecified atom stereocenters. The largest absolute Gasteiger partial charge is 0.507 e. The maximum Gasteiger partial charge on any atom is 0.356 e. The Labute approximate surface area is 318 Å². The number of hydrogen-bond donors (Lipinski definition) is 3. The quantitative estimate of drug-likeness (QED) is 0.0702. The van der Waals surface area contributed by atoms with Crippen LogP contribution in [-0.4, -0.2) is 47.5 Å². The maximum absolute atomic E-state index is 13.8. The van der Waals surface area contributed by atoms with Gasteiger partial charge in [0.2, 0.25) is 0 Å². The van der Waals surface area contributed by atoms with Crippen LogP contribution in [0.25, 0.3) is 55.2 Å². The van der Waals surface area contributed by atoms with Gasteiger partial charge in [0.05, 0.1) is 47.8 Å². The van der Waals surface area contributed by atoms with Crippen molar-refractivity contribution in [2.24, 2.45) is 0 Å². The molecule has 276 valence electrons. The topological polar surface area (TPSA) is 170 Å². The molecule has 4 aromatic carbocycles. The van der Waals surface area contributed by atoms with Gasteiger partial charge in [-0.25, -0.2) is 19.6 Å². The third kappa shape index (κ3) is 6.28. The second-order valence-corrected chi connectivity index (χ2v) is 12.9. The van der Waals surface area contributed by atoms with Crippen LogP contribution in [0.15, 0.2) is 118 Å². The summed E-state index contributed by atoms with van der Waals surface area (Å²) in [7, 11) is 2.57. The molecule has 56 heavy (non-hydrogen) atoms. The van der Waals surface area contributed by atoms with Crippen LogP contribution < -0.4 is 16.1 Å². The fourth-order valence-electron chi connectivity index (χ4n) is 6.94. The van der Waals surface area contributed by atoms with E-state index >= 15 is 0 Å². The Morgan fingerprint density at radius 1 is 0.696 bits per heavy atom. The molecule has 0 saturated carbocycles. The van der Waals surface area contributed by atoms with Gasteiger partial charge in [-0.2, -0.15) is 0 Å². The molecule has 6 aromatic rings. The molecular weight excluding hydrogens is 713 g/mol. The van der Waals surface area contributed by atoms with Crippen LogP contribution in [0.3, 0.4) is 0 Å². The fourth-order valence-corrected chi connectivity index (χ4v) is 6.94. The Balaban J connectivity index is 1.29. The minimum Gasteiger partial charge on any atom is -0.507 e. The first kappa shape index (κ1) is 35.4. The van der Waals surface area contributed by atoms with Crippen LogP contribution in [0.1, 0.15) is 42.5 Å². The van der Waals surface area contributed by atoms with E-state index in [1.807, 2.05) is 36.4 Å². The van der Waals surface area contributed by atoms with E-state index < -0.39 is 11.9 Å². The number of para-hydroxylation sites is 2. The molecule has 0 atom stereocenters. The Morgan fingerprint density at radius 3 is 1.91 bits per heavy atom. The number of esters is 2. The number of rotatable bonds is 10. The molecular formula is C44H32N4O8. The second kappa shape index (κ2) is 14.7. The molecule has 0 radical (unpaired) electrons. The maximum atomic E-state index is 13.8. The molecule has 2 aliphatic rings. The molecule has 3 N–H and O–H groups in total. The van der Waals surface area contributed by atoms with E-state index in [-0.39, 0.29) is 52.6 Å². The molecule has 8 rings (SSSR count). The lowest BCUT2D eigenvalue weighted by Crippen LogP contribution is -2.15. The van der Waals surface area contributed by atoms with Crippen molar-refractivity contribution in [1.82, 2.24) is 9.97 Å². The standard InChI is InChI=1S/C44H32N4O8/c1-54-43(52)34-17-13-24-8-5-11-32(39(24)47-34)45-21-30-36(50)19-15-28-38(27-10-4-3-7-26(27)23-49)29-16-20-37(51)31(42(29)56-41(28)30)22-46-33-12-6-9-25-14-18-35(44(53)55-2)48-40(25)33/h3-20,23,45-46,50H,21-22H2,1-2H3. The summed E-state index contributed by atoms with van der Waals surface area (Å²) in [5.41, 5.74) is 5.32. The number of carbonyl (C=O) groups is 3. The molecule has 3 heterocycles. The number of anilines is 2. The highest BCUT2D eigenvalue weighted by Gasteiger charge is 2.26. The lowest BCUT2D eigenvalue weighted by Gasteiger charge is -2.21. The summed E-state index contributed by atoms with van der Waals surface area (Å²) in [4.78, 5) is 59.8. The molecule has 1 aliphatic heterocycles. The Bertz CT molecular complexity index is 2900. The lowest BCUT2D eigenvalue weighted by atomic mass is 9.88. The molecule has 0 bridgehead atoms. The van der Waals surface area contributed by atoms with Gasteiger partial charge in [-0.15, -0.1) is 0 Å². The predicted octanol–water partition coefficient (Wildman–Crippen LogP) is 7.98. The summed E-state index contributed by atoms with van der Waals surface area (Å²) in [6.45, 7) is 0.0465. The summed E-state index contributed by atoms with van der Waals surface area (Å²) < 4.78 is 16.5. The van der Waals surface area contributed by atoms with Crippen molar-refractivity contribution in [3.05, 3.63) is 147 Å². The number of aromatic nitrogens is 2. The summed E-state index contributed by atoms with van der Waals surface area (Å²) in [6, 6.07) is 31.3. The zero-order valence-corrected chi connectivity index (χ0v) is 30.1. The number of hydrogen-bond acceptors (Lipinski definition) is 12. The predicted molar refractivity (Wildman–Crippen MR) is 212 cm³/mol. The van der Waals surface area contributed by atoms with Crippen LogP contribution in [0.2, 0.25) is 0 Å². The SMILES string of the molecule is COC(=O)c1ccc2cccc(NCc3c4oc5c(CNc6cccc7ccc(C(=O)OC)nc67)c(O)ccc5c(-c5ccccc5C=O)c-4ccc3=O)c2n1. The zero-order valence-electron chi connectivity index (χ0n) is 30.1. The van der Waals surface area contributed by atoms with Gasteiger partial charge in [-0.05, 0) is 54.1 Å².